The van der Waals surface area contributed by atoms with Gasteiger partial charge in [-0.1, -0.05) is 19.6 Å². The van der Waals surface area contributed by atoms with Crippen molar-refractivity contribution in [2.75, 3.05) is 6.61 Å². The summed E-state index contributed by atoms with van der Waals surface area (Å²) < 4.78 is 7.09. The van der Waals surface area contributed by atoms with Crippen LogP contribution in [0.3, 0.4) is 0 Å². The SMILES string of the molecule is CC(O)Cc1cc(C(=O)O)nn1COCC[Si](C)(C)C. The van der Waals surface area contributed by atoms with Gasteiger partial charge in [0.2, 0.25) is 0 Å². The highest BCUT2D eigenvalue weighted by atomic mass is 28.3. The van der Waals surface area contributed by atoms with Gasteiger partial charge in [-0.3, -0.25) is 0 Å². The molecule has 0 radical (unpaired) electrons. The lowest BCUT2D eigenvalue weighted by Gasteiger charge is -2.16. The molecular weight excluding hydrogens is 276 g/mol. The van der Waals surface area contributed by atoms with Gasteiger partial charge in [-0.2, -0.15) is 5.10 Å². The Bertz CT molecular complexity index is 452. The van der Waals surface area contributed by atoms with Gasteiger partial charge in [0.25, 0.3) is 0 Å². The van der Waals surface area contributed by atoms with Gasteiger partial charge in [-0.05, 0) is 19.0 Å². The fourth-order valence-corrected chi connectivity index (χ4v) is 2.42. The molecule has 20 heavy (non-hydrogen) atoms. The van der Waals surface area contributed by atoms with Gasteiger partial charge < -0.3 is 14.9 Å². The van der Waals surface area contributed by atoms with Crippen LogP contribution >= 0.6 is 0 Å². The standard InChI is InChI=1S/C13H24N2O4Si/c1-10(16)7-11-8-12(13(17)18)14-15(11)9-19-5-6-20(2,3)4/h8,10,16H,5-7,9H2,1-4H3,(H,17,18). The van der Waals surface area contributed by atoms with Gasteiger partial charge >= 0.3 is 5.97 Å². The lowest BCUT2D eigenvalue weighted by molar-refractivity contribution is 0.0666. The molecular formula is C13H24N2O4Si. The Morgan fingerprint density at radius 1 is 1.50 bits per heavy atom. The van der Waals surface area contributed by atoms with Crippen LogP contribution in [0.4, 0.5) is 0 Å². The van der Waals surface area contributed by atoms with Crippen LogP contribution in [0.5, 0.6) is 0 Å². The Balaban J connectivity index is 2.65. The molecule has 7 heteroatoms. The minimum absolute atomic E-state index is 0.0190. The first-order valence-corrected chi connectivity index (χ1v) is 10.5. The van der Waals surface area contributed by atoms with E-state index in [4.69, 9.17) is 9.84 Å². The third-order valence-electron chi connectivity index (χ3n) is 2.80. The summed E-state index contributed by atoms with van der Waals surface area (Å²) in [7, 11) is -1.14. The summed E-state index contributed by atoms with van der Waals surface area (Å²) in [6.45, 7) is 9.33. The molecule has 0 bridgehead atoms. The molecule has 1 rings (SSSR count). The lowest BCUT2D eigenvalue weighted by Crippen LogP contribution is -2.22. The van der Waals surface area contributed by atoms with Crippen molar-refractivity contribution in [1.29, 1.82) is 0 Å². The second-order valence-electron chi connectivity index (χ2n) is 6.23. The predicted molar refractivity (Wildman–Crippen MR) is 78.7 cm³/mol. The van der Waals surface area contributed by atoms with E-state index < -0.39 is 20.1 Å². The van der Waals surface area contributed by atoms with Gasteiger partial charge in [-0.25, -0.2) is 9.48 Å². The number of aliphatic hydroxyl groups is 1. The van der Waals surface area contributed by atoms with E-state index in [1.54, 1.807) is 6.92 Å². The van der Waals surface area contributed by atoms with Gasteiger partial charge in [-0.15, -0.1) is 0 Å². The van der Waals surface area contributed by atoms with Gasteiger partial charge in [0.05, 0.1) is 6.10 Å². The summed E-state index contributed by atoms with van der Waals surface area (Å²) in [4.78, 5) is 10.9. The third kappa shape index (κ3) is 5.85. The molecule has 2 N–H and O–H groups in total. The van der Waals surface area contributed by atoms with Crippen molar-refractivity contribution in [3.8, 4) is 0 Å². The molecule has 0 saturated heterocycles. The minimum Gasteiger partial charge on any atom is -0.476 e. The first kappa shape index (κ1) is 16.9. The fourth-order valence-electron chi connectivity index (χ4n) is 1.67. The first-order valence-electron chi connectivity index (χ1n) is 6.75. The Morgan fingerprint density at radius 2 is 2.15 bits per heavy atom. The van der Waals surface area contributed by atoms with E-state index in [0.29, 0.717) is 18.7 Å². The number of rotatable bonds is 8. The summed E-state index contributed by atoms with van der Waals surface area (Å²) in [6.07, 6.45) is -0.188. The molecule has 1 unspecified atom stereocenters. The van der Waals surface area contributed by atoms with Crippen LogP contribution < -0.4 is 0 Å². The van der Waals surface area contributed by atoms with Crippen molar-refractivity contribution < 1.29 is 19.7 Å². The quantitative estimate of drug-likeness (QED) is 0.565. The summed E-state index contributed by atoms with van der Waals surface area (Å²) >= 11 is 0. The van der Waals surface area contributed by atoms with E-state index in [1.807, 2.05) is 0 Å². The van der Waals surface area contributed by atoms with Crippen molar-refractivity contribution in [2.24, 2.45) is 0 Å². The predicted octanol–water partition coefficient (Wildman–Crippen LogP) is 1.82. The molecule has 0 aliphatic carbocycles. The van der Waals surface area contributed by atoms with Crippen molar-refractivity contribution in [1.82, 2.24) is 9.78 Å². The normalized spacial score (nSPS) is 13.4. The van der Waals surface area contributed by atoms with Crippen LogP contribution in [0.1, 0.15) is 23.1 Å². The zero-order valence-corrected chi connectivity index (χ0v) is 13.6. The average Bonchev–Trinajstić information content (AvgIpc) is 2.66. The number of nitrogens with zero attached hydrogens (tertiary/aromatic N) is 2. The van der Waals surface area contributed by atoms with Crippen molar-refractivity contribution in [2.45, 2.75) is 51.9 Å². The van der Waals surface area contributed by atoms with E-state index in [1.165, 1.54) is 10.7 Å². The molecule has 0 amide bonds. The van der Waals surface area contributed by atoms with Gasteiger partial charge in [0, 0.05) is 26.8 Å². The second-order valence-corrected chi connectivity index (χ2v) is 11.8. The number of carboxylic acids is 1. The number of hydrogen-bond donors (Lipinski definition) is 2. The summed E-state index contributed by atoms with van der Waals surface area (Å²) in [5.74, 6) is -1.07. The van der Waals surface area contributed by atoms with E-state index in [9.17, 15) is 9.90 Å². The number of aromatic carboxylic acids is 1. The number of carboxylic acid groups (broad SMARTS) is 1. The molecule has 0 saturated carbocycles. The largest absolute Gasteiger partial charge is 0.476 e. The molecule has 0 fully saturated rings. The highest BCUT2D eigenvalue weighted by Gasteiger charge is 2.16. The molecule has 0 aromatic carbocycles. The minimum atomic E-state index is -1.14. The zero-order chi connectivity index (χ0) is 15.3. The highest BCUT2D eigenvalue weighted by Crippen LogP contribution is 2.10. The second kappa shape index (κ2) is 7.01. The van der Waals surface area contributed by atoms with Crippen molar-refractivity contribution in [3.05, 3.63) is 17.5 Å². The first-order chi connectivity index (χ1) is 9.19. The number of ether oxygens (including phenoxy) is 1. The van der Waals surface area contributed by atoms with Crippen LogP contribution in [0.15, 0.2) is 6.07 Å². The molecule has 1 atom stereocenters. The van der Waals surface area contributed by atoms with Gasteiger partial charge in [0.1, 0.15) is 6.73 Å². The molecule has 0 aliphatic heterocycles. The maximum Gasteiger partial charge on any atom is 0.356 e. The van der Waals surface area contributed by atoms with E-state index in [0.717, 1.165) is 6.04 Å². The van der Waals surface area contributed by atoms with Crippen molar-refractivity contribution >= 4 is 14.0 Å². The molecule has 114 valence electrons. The molecule has 0 spiro atoms. The number of aromatic nitrogens is 2. The van der Waals surface area contributed by atoms with E-state index in [-0.39, 0.29) is 12.4 Å². The van der Waals surface area contributed by atoms with E-state index in [2.05, 4.69) is 24.7 Å². The fraction of sp³-hybridized carbons (Fsp3) is 0.692. The third-order valence-corrected chi connectivity index (χ3v) is 4.50. The van der Waals surface area contributed by atoms with Gasteiger partial charge in [0.15, 0.2) is 5.69 Å². The molecule has 1 aromatic heterocycles. The maximum atomic E-state index is 10.9. The highest BCUT2D eigenvalue weighted by molar-refractivity contribution is 6.76. The lowest BCUT2D eigenvalue weighted by atomic mass is 10.2. The summed E-state index contributed by atoms with van der Waals surface area (Å²) in [5.41, 5.74) is 0.653. The van der Waals surface area contributed by atoms with E-state index >= 15 is 0 Å². The number of aliphatic hydroxyl groups excluding tert-OH is 1. The molecule has 1 aromatic rings. The Kier molecular flexibility index (Phi) is 5.91. The Hall–Kier alpha value is -1.18. The van der Waals surface area contributed by atoms with Crippen LogP contribution in [0.2, 0.25) is 25.7 Å². The molecule has 1 heterocycles. The van der Waals surface area contributed by atoms with Crippen LogP contribution in [0, 0.1) is 0 Å². The zero-order valence-electron chi connectivity index (χ0n) is 12.6. The molecule has 6 nitrogen and oxygen atoms in total. The van der Waals surface area contributed by atoms with Crippen LogP contribution in [-0.4, -0.2) is 46.7 Å². The summed E-state index contributed by atoms with van der Waals surface area (Å²) in [5, 5.41) is 22.4. The van der Waals surface area contributed by atoms with Crippen LogP contribution in [-0.2, 0) is 17.9 Å². The Morgan fingerprint density at radius 3 is 2.65 bits per heavy atom. The topological polar surface area (TPSA) is 84.6 Å². The smallest absolute Gasteiger partial charge is 0.356 e. The number of carbonyl (C=O) groups is 1. The maximum absolute atomic E-state index is 10.9. The number of hydrogen-bond acceptors (Lipinski definition) is 4. The van der Waals surface area contributed by atoms with Crippen LogP contribution in [0.25, 0.3) is 0 Å². The molecule has 0 aliphatic rings. The monoisotopic (exact) mass is 300 g/mol. The summed E-state index contributed by atoms with van der Waals surface area (Å²) in [6, 6.07) is 2.53. The average molecular weight is 300 g/mol. The Labute approximate surface area is 120 Å². The van der Waals surface area contributed by atoms with Crippen molar-refractivity contribution in [3.63, 3.8) is 0 Å².